The Morgan fingerprint density at radius 3 is 2.42 bits per heavy atom. The summed E-state index contributed by atoms with van der Waals surface area (Å²) in [5, 5.41) is 4.65. The van der Waals surface area contributed by atoms with Crippen molar-refractivity contribution < 1.29 is 31.1 Å². The molecule has 0 saturated heterocycles. The predicted octanol–water partition coefficient (Wildman–Crippen LogP) is 4.28. The Morgan fingerprint density at radius 1 is 1.32 bits per heavy atom. The van der Waals surface area contributed by atoms with Crippen LogP contribution < -0.4 is 0 Å². The van der Waals surface area contributed by atoms with Gasteiger partial charge in [0.1, 0.15) is 0 Å². The van der Waals surface area contributed by atoms with Crippen molar-refractivity contribution in [3.8, 4) is 0 Å². The standard InChI is InChI=1S/C16H26N2.U/c1-12(2)14(4)15-13(3)11-17-18(15)16(5)9-7-6-8-10-16;/h11-12H,5-10H2,1-4H3;/q-2;+2. The zero-order valence-corrected chi connectivity index (χ0v) is 17.0. The Labute approximate surface area is 142 Å². The van der Waals surface area contributed by atoms with E-state index >= 15 is 0 Å². The molecule has 0 amide bonds. The molecule has 0 atom stereocenters. The summed E-state index contributed by atoms with van der Waals surface area (Å²) >= 11 is 0. The smallest absolute Gasteiger partial charge is 0.326 e. The maximum Gasteiger partial charge on any atom is 2.00 e. The minimum atomic E-state index is -0.0159. The number of aromatic nitrogens is 2. The summed E-state index contributed by atoms with van der Waals surface area (Å²) < 4.78 is 2.22. The third kappa shape index (κ3) is 3.42. The first-order chi connectivity index (χ1) is 8.46. The Hall–Kier alpha value is 0.132. The van der Waals surface area contributed by atoms with E-state index < -0.39 is 0 Å². The molecule has 1 fully saturated rings. The van der Waals surface area contributed by atoms with Crippen LogP contribution in [0.15, 0.2) is 6.20 Å². The van der Waals surface area contributed by atoms with Gasteiger partial charge >= 0.3 is 31.1 Å². The van der Waals surface area contributed by atoms with Gasteiger partial charge in [-0.1, -0.05) is 63.1 Å². The minimum Gasteiger partial charge on any atom is -0.326 e. The molecule has 1 aromatic rings. The van der Waals surface area contributed by atoms with Gasteiger partial charge in [-0.15, -0.1) is 13.8 Å². The SMILES string of the molecule is [CH2-]C1(n2ncc(C)c2[C-](C)C(C)C)CCCCC1.[U+2]. The van der Waals surface area contributed by atoms with Crippen molar-refractivity contribution in [2.24, 2.45) is 5.92 Å². The van der Waals surface area contributed by atoms with Crippen LogP contribution in [0.2, 0.25) is 0 Å². The van der Waals surface area contributed by atoms with E-state index in [1.165, 1.54) is 36.4 Å². The van der Waals surface area contributed by atoms with Crippen molar-refractivity contribution in [1.29, 1.82) is 0 Å². The van der Waals surface area contributed by atoms with Crippen LogP contribution in [0.1, 0.15) is 64.1 Å². The zero-order valence-electron chi connectivity index (χ0n) is 12.8. The predicted molar refractivity (Wildman–Crippen MR) is 76.2 cm³/mol. The first-order valence-corrected chi connectivity index (χ1v) is 7.20. The molecule has 1 aromatic heterocycles. The zero-order chi connectivity index (χ0) is 13.3. The molecular weight excluding hydrogens is 458 g/mol. The molecule has 0 radical (unpaired) electrons. The maximum absolute atomic E-state index is 4.65. The van der Waals surface area contributed by atoms with Gasteiger partial charge in [0.25, 0.3) is 0 Å². The van der Waals surface area contributed by atoms with E-state index in [9.17, 15) is 0 Å². The van der Waals surface area contributed by atoms with Crippen molar-refractivity contribution in [2.75, 3.05) is 0 Å². The van der Waals surface area contributed by atoms with Gasteiger partial charge in [-0.2, -0.15) is 11.5 Å². The molecule has 0 aromatic carbocycles. The number of rotatable bonds is 3. The fourth-order valence-corrected chi connectivity index (χ4v) is 2.96. The molecule has 1 saturated carbocycles. The van der Waals surface area contributed by atoms with Crippen LogP contribution >= 0.6 is 0 Å². The van der Waals surface area contributed by atoms with Crippen molar-refractivity contribution in [2.45, 2.75) is 65.3 Å². The fraction of sp³-hybridized carbons (Fsp3) is 0.688. The van der Waals surface area contributed by atoms with Gasteiger partial charge in [-0.3, -0.25) is 0 Å². The summed E-state index contributed by atoms with van der Waals surface area (Å²) in [6.07, 6.45) is 8.23. The number of nitrogens with zero attached hydrogens (tertiary/aromatic N) is 2. The van der Waals surface area contributed by atoms with E-state index in [-0.39, 0.29) is 36.7 Å². The average molecular weight is 484 g/mol. The Morgan fingerprint density at radius 2 is 1.89 bits per heavy atom. The summed E-state index contributed by atoms with van der Waals surface area (Å²) in [6, 6.07) is 0. The molecular formula is C16H26N2U. The van der Waals surface area contributed by atoms with E-state index in [4.69, 9.17) is 0 Å². The third-order valence-corrected chi connectivity index (χ3v) is 4.43. The van der Waals surface area contributed by atoms with Crippen LogP contribution in [0.5, 0.6) is 0 Å². The van der Waals surface area contributed by atoms with Gasteiger partial charge in [0, 0.05) is 0 Å². The molecule has 3 heteroatoms. The summed E-state index contributed by atoms with van der Waals surface area (Å²) in [4.78, 5) is 0. The number of aryl methyl sites for hydroxylation is 1. The van der Waals surface area contributed by atoms with Crippen LogP contribution in [0, 0.1) is 56.8 Å². The molecule has 0 unspecified atom stereocenters. The first-order valence-electron chi connectivity index (χ1n) is 7.20. The largest absolute Gasteiger partial charge is 2.00 e. The van der Waals surface area contributed by atoms with Crippen LogP contribution in [0.25, 0.3) is 0 Å². The van der Waals surface area contributed by atoms with Crippen LogP contribution in [-0.4, -0.2) is 9.78 Å². The monoisotopic (exact) mass is 484 g/mol. The normalized spacial score (nSPS) is 18.2. The van der Waals surface area contributed by atoms with Gasteiger partial charge < -0.3 is 11.6 Å². The molecule has 0 aliphatic heterocycles. The van der Waals surface area contributed by atoms with Crippen molar-refractivity contribution in [1.82, 2.24) is 9.78 Å². The van der Waals surface area contributed by atoms with E-state index in [0.717, 1.165) is 12.8 Å². The van der Waals surface area contributed by atoms with E-state index in [2.05, 4.69) is 44.4 Å². The first kappa shape index (κ1) is 17.2. The van der Waals surface area contributed by atoms with Gasteiger partial charge in [0.15, 0.2) is 0 Å². The van der Waals surface area contributed by atoms with Gasteiger partial charge in [-0.05, 0) is 6.20 Å². The molecule has 2 rings (SSSR count). The van der Waals surface area contributed by atoms with Crippen molar-refractivity contribution in [3.63, 3.8) is 0 Å². The molecule has 0 N–H and O–H groups in total. The molecule has 0 spiro atoms. The molecule has 1 aliphatic carbocycles. The fourth-order valence-electron chi connectivity index (χ4n) is 2.96. The van der Waals surface area contributed by atoms with Crippen LogP contribution in [0.3, 0.4) is 0 Å². The molecule has 0 bridgehead atoms. The molecule has 2 nitrogen and oxygen atoms in total. The minimum absolute atomic E-state index is 0. The summed E-state index contributed by atoms with van der Waals surface area (Å²) in [7, 11) is 0. The Kier molecular flexibility index (Phi) is 6.08. The quantitative estimate of drug-likeness (QED) is 0.586. The van der Waals surface area contributed by atoms with Gasteiger partial charge in [0.2, 0.25) is 0 Å². The van der Waals surface area contributed by atoms with Crippen molar-refractivity contribution >= 4 is 0 Å². The second-order valence-corrected chi connectivity index (χ2v) is 6.21. The Balaban J connectivity index is 0.00000180. The second kappa shape index (κ2) is 6.72. The van der Waals surface area contributed by atoms with E-state index in [1.54, 1.807) is 0 Å². The van der Waals surface area contributed by atoms with E-state index in [0.29, 0.717) is 5.92 Å². The molecule has 104 valence electrons. The third-order valence-electron chi connectivity index (χ3n) is 4.43. The summed E-state index contributed by atoms with van der Waals surface area (Å²) in [6.45, 7) is 13.4. The van der Waals surface area contributed by atoms with Crippen molar-refractivity contribution in [3.05, 3.63) is 30.3 Å². The van der Waals surface area contributed by atoms with Gasteiger partial charge in [0.05, 0.1) is 0 Å². The average Bonchev–Trinajstić information content (AvgIpc) is 2.71. The number of hydrogen-bond acceptors (Lipinski definition) is 1. The molecule has 1 heterocycles. The van der Waals surface area contributed by atoms with Gasteiger partial charge in [-0.25, -0.2) is 5.10 Å². The van der Waals surface area contributed by atoms with Crippen LogP contribution in [0.4, 0.5) is 0 Å². The maximum atomic E-state index is 4.65. The molecule has 1 aliphatic rings. The summed E-state index contributed by atoms with van der Waals surface area (Å²) in [5.74, 6) is 1.99. The number of hydrogen-bond donors (Lipinski definition) is 0. The van der Waals surface area contributed by atoms with E-state index in [1.807, 2.05) is 6.20 Å². The molecule has 19 heavy (non-hydrogen) atoms. The topological polar surface area (TPSA) is 17.8 Å². The summed E-state index contributed by atoms with van der Waals surface area (Å²) in [5.41, 5.74) is 2.59. The Bertz CT molecular complexity index is 403. The van der Waals surface area contributed by atoms with Crippen LogP contribution in [-0.2, 0) is 5.54 Å². The second-order valence-electron chi connectivity index (χ2n) is 6.21.